The quantitative estimate of drug-likeness (QED) is 0.149. The molecule has 0 fully saturated rings. The highest BCUT2D eigenvalue weighted by atomic mass is 15.2. The maximum absolute atomic E-state index is 2.54. The Hall–Kier alpha value is -7.68. The van der Waals surface area contributed by atoms with Gasteiger partial charge in [-0.05, 0) is 91.0 Å². The third-order valence-corrected chi connectivity index (χ3v) is 12.9. The van der Waals surface area contributed by atoms with E-state index < -0.39 is 0 Å². The Morgan fingerprint density at radius 1 is 0.262 bits per heavy atom. The highest BCUT2D eigenvalue weighted by Gasteiger charge is 2.26. The summed E-state index contributed by atoms with van der Waals surface area (Å²) in [4.78, 5) is 5.06. The van der Waals surface area contributed by atoms with Crippen molar-refractivity contribution in [3.05, 3.63) is 218 Å². The summed E-state index contributed by atoms with van der Waals surface area (Å²) in [6.45, 7) is 4.68. The number of anilines is 6. The molecule has 0 N–H and O–H groups in total. The van der Waals surface area contributed by atoms with Gasteiger partial charge in [0.15, 0.2) is 0 Å². The molecule has 0 unspecified atom stereocenters. The molecule has 61 heavy (non-hydrogen) atoms. The van der Waals surface area contributed by atoms with Crippen LogP contribution in [0.5, 0.6) is 0 Å². The Labute approximate surface area is 355 Å². The van der Waals surface area contributed by atoms with Crippen molar-refractivity contribution in [3.63, 3.8) is 0 Å². The summed E-state index contributed by atoms with van der Waals surface area (Å²) in [5.74, 6) is 0.285. The lowest BCUT2D eigenvalue weighted by atomic mass is 9.86. The summed E-state index contributed by atoms with van der Waals surface area (Å²) in [6.07, 6.45) is 0. The molecule has 12 aromatic rings. The molecule has 0 aliphatic heterocycles. The van der Waals surface area contributed by atoms with Crippen molar-refractivity contribution in [1.29, 1.82) is 0 Å². The van der Waals surface area contributed by atoms with E-state index in [1.807, 2.05) is 0 Å². The maximum Gasteiger partial charge on any atom is 0.0544 e. The van der Waals surface area contributed by atoms with E-state index in [0.29, 0.717) is 0 Å². The number of benzene rings is 12. The minimum atomic E-state index is 0.285. The standard InChI is InChI=1S/C59H42N2/c1-38(2)51-37-57(61(54-29-13-21-41-17-5-9-25-46(41)54)55-30-14-22-42-18-6-10-26-47(42)55)50-33-31-43-32-36-56(49-35-34-48(51)59(50)58(43)49)60(52-27-11-19-39-15-3-7-23-44(39)52)53-28-12-20-40-16-4-8-24-45(40)53/h3-38H,1-2H3. The van der Waals surface area contributed by atoms with Gasteiger partial charge >= 0.3 is 0 Å². The van der Waals surface area contributed by atoms with Gasteiger partial charge in [0.2, 0.25) is 0 Å². The second-order valence-electron chi connectivity index (χ2n) is 16.6. The van der Waals surface area contributed by atoms with Crippen LogP contribution in [0.15, 0.2) is 212 Å². The Bertz CT molecular complexity index is 3480. The first kappa shape index (κ1) is 35.3. The molecule has 288 valence electrons. The van der Waals surface area contributed by atoms with Crippen LogP contribution in [0.1, 0.15) is 25.3 Å². The molecule has 0 amide bonds. The molecule has 12 aromatic carbocycles. The van der Waals surface area contributed by atoms with E-state index in [-0.39, 0.29) is 5.92 Å². The summed E-state index contributed by atoms with van der Waals surface area (Å²) >= 11 is 0. The van der Waals surface area contributed by atoms with Crippen LogP contribution in [0, 0.1) is 0 Å². The average Bonchev–Trinajstić information content (AvgIpc) is 3.31. The minimum absolute atomic E-state index is 0.285. The van der Waals surface area contributed by atoms with Crippen molar-refractivity contribution >= 4 is 110 Å². The first-order chi connectivity index (χ1) is 30.1. The first-order valence-electron chi connectivity index (χ1n) is 21.4. The maximum atomic E-state index is 2.54. The van der Waals surface area contributed by atoms with Crippen LogP contribution in [0.2, 0.25) is 0 Å². The van der Waals surface area contributed by atoms with Crippen LogP contribution in [0.3, 0.4) is 0 Å². The predicted octanol–water partition coefficient (Wildman–Crippen LogP) is 17.3. The Balaban J connectivity index is 1.21. The van der Waals surface area contributed by atoms with Crippen molar-refractivity contribution < 1.29 is 0 Å². The van der Waals surface area contributed by atoms with Gasteiger partial charge < -0.3 is 9.80 Å². The van der Waals surface area contributed by atoms with Gasteiger partial charge in [-0.3, -0.25) is 0 Å². The van der Waals surface area contributed by atoms with Crippen molar-refractivity contribution in [3.8, 4) is 0 Å². The van der Waals surface area contributed by atoms with Crippen molar-refractivity contribution in [2.45, 2.75) is 19.8 Å². The van der Waals surface area contributed by atoms with Crippen LogP contribution < -0.4 is 9.80 Å². The average molecular weight is 779 g/mol. The highest BCUT2D eigenvalue weighted by molar-refractivity contribution is 6.29. The van der Waals surface area contributed by atoms with E-state index in [1.54, 1.807) is 0 Å². The number of rotatable bonds is 7. The molecular formula is C59H42N2. The Morgan fingerprint density at radius 2 is 0.607 bits per heavy atom. The molecule has 0 heterocycles. The molecule has 0 atom stereocenters. The van der Waals surface area contributed by atoms with Crippen LogP contribution in [0.4, 0.5) is 34.1 Å². The molecule has 0 aromatic heterocycles. The Kier molecular flexibility index (Phi) is 8.08. The van der Waals surface area contributed by atoms with E-state index >= 15 is 0 Å². The third kappa shape index (κ3) is 5.49. The largest absolute Gasteiger partial charge is 0.309 e. The normalized spacial score (nSPS) is 11.9. The molecule has 0 radical (unpaired) electrons. The molecule has 0 aliphatic rings. The lowest BCUT2D eigenvalue weighted by Gasteiger charge is -2.32. The van der Waals surface area contributed by atoms with E-state index in [0.717, 1.165) is 28.4 Å². The zero-order chi connectivity index (χ0) is 40.6. The SMILES string of the molecule is CC(C)c1cc(N(c2cccc3ccccc23)c2cccc3ccccc23)c2ccc3ccc(N(c4cccc5ccccc45)c4cccc5ccccc45)c4ccc1c2c34. The van der Waals surface area contributed by atoms with Crippen LogP contribution in [-0.4, -0.2) is 0 Å². The molecule has 2 heteroatoms. The minimum Gasteiger partial charge on any atom is -0.309 e. The predicted molar refractivity (Wildman–Crippen MR) is 264 cm³/mol. The van der Waals surface area contributed by atoms with Crippen LogP contribution >= 0.6 is 0 Å². The van der Waals surface area contributed by atoms with Crippen molar-refractivity contribution in [2.24, 2.45) is 0 Å². The van der Waals surface area contributed by atoms with Gasteiger partial charge in [-0.1, -0.05) is 190 Å². The topological polar surface area (TPSA) is 6.48 Å². The van der Waals surface area contributed by atoms with Gasteiger partial charge in [-0.2, -0.15) is 0 Å². The molecular weight excluding hydrogens is 737 g/mol. The second kappa shape index (κ2) is 14.0. The van der Waals surface area contributed by atoms with Crippen LogP contribution in [-0.2, 0) is 0 Å². The van der Waals surface area contributed by atoms with E-state index in [2.05, 4.69) is 236 Å². The fraction of sp³-hybridized carbons (Fsp3) is 0.0508. The van der Waals surface area contributed by atoms with Gasteiger partial charge in [-0.25, -0.2) is 0 Å². The van der Waals surface area contributed by atoms with E-state index in [4.69, 9.17) is 0 Å². The number of nitrogens with zero attached hydrogens (tertiary/aromatic N) is 2. The lowest BCUT2D eigenvalue weighted by molar-refractivity contribution is 0.876. The summed E-state index contributed by atoms with van der Waals surface area (Å²) in [7, 11) is 0. The third-order valence-electron chi connectivity index (χ3n) is 12.9. The zero-order valence-electron chi connectivity index (χ0n) is 34.2. The first-order valence-corrected chi connectivity index (χ1v) is 21.4. The molecule has 12 rings (SSSR count). The molecule has 0 saturated carbocycles. The van der Waals surface area contributed by atoms with E-state index in [9.17, 15) is 0 Å². The van der Waals surface area contributed by atoms with E-state index in [1.165, 1.54) is 86.7 Å². The zero-order valence-corrected chi connectivity index (χ0v) is 34.2. The summed E-state index contributed by atoms with van der Waals surface area (Å²) < 4.78 is 0. The van der Waals surface area contributed by atoms with Gasteiger partial charge in [0.25, 0.3) is 0 Å². The second-order valence-corrected chi connectivity index (χ2v) is 16.6. The van der Waals surface area contributed by atoms with Gasteiger partial charge in [-0.15, -0.1) is 0 Å². The summed E-state index contributed by atoms with van der Waals surface area (Å²) in [5, 5.41) is 17.4. The molecule has 0 bridgehead atoms. The fourth-order valence-corrected chi connectivity index (χ4v) is 10.1. The lowest BCUT2D eigenvalue weighted by Crippen LogP contribution is -2.13. The monoisotopic (exact) mass is 778 g/mol. The number of hydrogen-bond acceptors (Lipinski definition) is 2. The van der Waals surface area contributed by atoms with Crippen molar-refractivity contribution in [2.75, 3.05) is 9.80 Å². The smallest absolute Gasteiger partial charge is 0.0544 e. The fourth-order valence-electron chi connectivity index (χ4n) is 10.1. The molecule has 0 aliphatic carbocycles. The summed E-state index contributed by atoms with van der Waals surface area (Å²) in [5.41, 5.74) is 8.33. The summed E-state index contributed by atoms with van der Waals surface area (Å²) in [6, 6.07) is 78.6. The Morgan fingerprint density at radius 3 is 1.07 bits per heavy atom. The molecule has 0 saturated heterocycles. The van der Waals surface area contributed by atoms with Gasteiger partial charge in [0.05, 0.1) is 34.1 Å². The number of hydrogen-bond donors (Lipinski definition) is 0. The number of fused-ring (bicyclic) bond motifs is 4. The van der Waals surface area contributed by atoms with Crippen molar-refractivity contribution in [1.82, 2.24) is 0 Å². The molecule has 2 nitrogen and oxygen atoms in total. The van der Waals surface area contributed by atoms with Gasteiger partial charge in [0, 0.05) is 32.3 Å². The molecule has 0 spiro atoms. The van der Waals surface area contributed by atoms with Crippen LogP contribution in [0.25, 0.3) is 75.4 Å². The highest BCUT2D eigenvalue weighted by Crippen LogP contribution is 2.52. The van der Waals surface area contributed by atoms with Gasteiger partial charge in [0.1, 0.15) is 0 Å².